The van der Waals surface area contributed by atoms with Crippen molar-refractivity contribution in [3.05, 3.63) is 29.8 Å². The van der Waals surface area contributed by atoms with Crippen molar-refractivity contribution >= 4 is 23.4 Å². The van der Waals surface area contributed by atoms with Crippen LogP contribution < -0.4 is 5.32 Å². The Morgan fingerprint density at radius 3 is 2.50 bits per heavy atom. The van der Waals surface area contributed by atoms with Crippen LogP contribution in [0.2, 0.25) is 0 Å². The van der Waals surface area contributed by atoms with Crippen molar-refractivity contribution in [1.82, 2.24) is 4.90 Å². The van der Waals surface area contributed by atoms with E-state index in [-0.39, 0.29) is 5.91 Å². The molecule has 0 spiro atoms. The van der Waals surface area contributed by atoms with Gasteiger partial charge in [0.15, 0.2) is 0 Å². The summed E-state index contributed by atoms with van der Waals surface area (Å²) in [5.74, 6) is 1.28. The second-order valence-electron chi connectivity index (χ2n) is 4.89. The Kier molecular flexibility index (Phi) is 4.17. The highest BCUT2D eigenvalue weighted by molar-refractivity contribution is 8.00. The van der Waals surface area contributed by atoms with Crippen molar-refractivity contribution in [1.29, 1.82) is 0 Å². The quantitative estimate of drug-likeness (QED) is 0.911. The van der Waals surface area contributed by atoms with Crippen LogP contribution in [0.5, 0.6) is 0 Å². The topological polar surface area (TPSA) is 32.3 Å². The first kappa shape index (κ1) is 13.3. The molecule has 18 heavy (non-hydrogen) atoms. The summed E-state index contributed by atoms with van der Waals surface area (Å²) in [4.78, 5) is 13.3. The van der Waals surface area contributed by atoms with Gasteiger partial charge in [0.1, 0.15) is 0 Å². The number of rotatable bonds is 3. The van der Waals surface area contributed by atoms with Crippen molar-refractivity contribution in [2.24, 2.45) is 0 Å². The average Bonchev–Trinajstić information content (AvgIpc) is 2.75. The van der Waals surface area contributed by atoms with Crippen molar-refractivity contribution < 1.29 is 4.79 Å². The number of nitrogens with zero attached hydrogens (tertiary/aromatic N) is 1. The second kappa shape index (κ2) is 5.65. The summed E-state index contributed by atoms with van der Waals surface area (Å²) < 4.78 is 0. The maximum atomic E-state index is 11.8. The third-order valence-corrected chi connectivity index (χ3v) is 4.59. The molecule has 2 unspecified atom stereocenters. The molecule has 2 rings (SSSR count). The van der Waals surface area contributed by atoms with E-state index in [1.165, 1.54) is 12.2 Å². The van der Waals surface area contributed by atoms with E-state index < -0.39 is 0 Å². The Balaban J connectivity index is 2.01. The molecular weight excluding hydrogens is 244 g/mol. The zero-order valence-corrected chi connectivity index (χ0v) is 12.0. The average molecular weight is 264 g/mol. The van der Waals surface area contributed by atoms with Gasteiger partial charge in [0.25, 0.3) is 5.91 Å². The lowest BCUT2D eigenvalue weighted by molar-refractivity contribution is 0.0827. The summed E-state index contributed by atoms with van der Waals surface area (Å²) in [5, 5.41) is 4.20. The van der Waals surface area contributed by atoms with Crippen LogP contribution in [0.15, 0.2) is 24.3 Å². The fourth-order valence-corrected chi connectivity index (χ4v) is 3.30. The van der Waals surface area contributed by atoms with Crippen LogP contribution in [-0.2, 0) is 0 Å². The minimum absolute atomic E-state index is 0.0475. The van der Waals surface area contributed by atoms with Gasteiger partial charge in [0, 0.05) is 36.6 Å². The van der Waals surface area contributed by atoms with E-state index in [9.17, 15) is 4.79 Å². The molecule has 0 saturated carbocycles. The van der Waals surface area contributed by atoms with E-state index >= 15 is 0 Å². The van der Waals surface area contributed by atoms with Gasteiger partial charge < -0.3 is 10.2 Å². The SMILES string of the molecule is CC1SCCC1Nc1ccc(C(=O)N(C)C)cc1. The minimum atomic E-state index is 0.0475. The van der Waals surface area contributed by atoms with Crippen LogP contribution in [0.25, 0.3) is 0 Å². The molecular formula is C14H20N2OS. The molecule has 2 atom stereocenters. The molecule has 1 aromatic rings. The van der Waals surface area contributed by atoms with E-state index in [1.807, 2.05) is 36.0 Å². The fourth-order valence-electron chi connectivity index (χ4n) is 2.10. The molecule has 1 fully saturated rings. The second-order valence-corrected chi connectivity index (χ2v) is 6.38. The van der Waals surface area contributed by atoms with Gasteiger partial charge in [-0.25, -0.2) is 0 Å². The van der Waals surface area contributed by atoms with E-state index in [1.54, 1.807) is 19.0 Å². The van der Waals surface area contributed by atoms with Crippen LogP contribution in [-0.4, -0.2) is 41.9 Å². The number of anilines is 1. The van der Waals surface area contributed by atoms with Gasteiger partial charge in [-0.15, -0.1) is 0 Å². The summed E-state index contributed by atoms with van der Waals surface area (Å²) in [6.07, 6.45) is 1.21. The Morgan fingerprint density at radius 1 is 1.33 bits per heavy atom. The van der Waals surface area contributed by atoms with E-state index in [4.69, 9.17) is 0 Å². The van der Waals surface area contributed by atoms with Crippen LogP contribution in [0.3, 0.4) is 0 Å². The highest BCUT2D eigenvalue weighted by Crippen LogP contribution is 2.28. The summed E-state index contributed by atoms with van der Waals surface area (Å²) >= 11 is 2.01. The molecule has 1 aromatic carbocycles. The van der Waals surface area contributed by atoms with Crippen LogP contribution in [0.4, 0.5) is 5.69 Å². The smallest absolute Gasteiger partial charge is 0.253 e. The molecule has 1 N–H and O–H groups in total. The molecule has 3 nitrogen and oxygen atoms in total. The van der Waals surface area contributed by atoms with Crippen LogP contribution >= 0.6 is 11.8 Å². The lowest BCUT2D eigenvalue weighted by atomic mass is 10.1. The summed E-state index contributed by atoms with van der Waals surface area (Å²) in [7, 11) is 3.54. The molecule has 0 aromatic heterocycles. The third-order valence-electron chi connectivity index (χ3n) is 3.27. The van der Waals surface area contributed by atoms with Gasteiger partial charge in [0.05, 0.1) is 0 Å². The number of nitrogens with one attached hydrogen (secondary N) is 1. The number of hydrogen-bond acceptors (Lipinski definition) is 3. The monoisotopic (exact) mass is 264 g/mol. The minimum Gasteiger partial charge on any atom is -0.381 e. The number of thioether (sulfide) groups is 1. The van der Waals surface area contributed by atoms with E-state index in [0.29, 0.717) is 11.3 Å². The Morgan fingerprint density at radius 2 is 2.00 bits per heavy atom. The summed E-state index contributed by atoms with van der Waals surface area (Å²) in [6.45, 7) is 2.26. The largest absolute Gasteiger partial charge is 0.381 e. The number of carbonyl (C=O) groups excluding carboxylic acids is 1. The first-order chi connectivity index (χ1) is 8.58. The summed E-state index contributed by atoms with van der Waals surface area (Å²) in [5.41, 5.74) is 1.84. The van der Waals surface area contributed by atoms with Crippen LogP contribution in [0.1, 0.15) is 23.7 Å². The van der Waals surface area contributed by atoms with E-state index in [0.717, 1.165) is 11.3 Å². The lowest BCUT2D eigenvalue weighted by Gasteiger charge is -2.18. The first-order valence-corrected chi connectivity index (χ1v) is 7.32. The molecule has 1 aliphatic rings. The Bertz CT molecular complexity index is 416. The molecule has 0 radical (unpaired) electrons. The molecule has 4 heteroatoms. The van der Waals surface area contributed by atoms with Crippen LogP contribution in [0, 0.1) is 0 Å². The van der Waals surface area contributed by atoms with Gasteiger partial charge in [-0.2, -0.15) is 11.8 Å². The van der Waals surface area contributed by atoms with Crippen molar-refractivity contribution in [2.45, 2.75) is 24.6 Å². The van der Waals surface area contributed by atoms with Crippen molar-refractivity contribution in [2.75, 3.05) is 25.2 Å². The number of hydrogen-bond donors (Lipinski definition) is 1. The lowest BCUT2D eigenvalue weighted by Crippen LogP contribution is -2.25. The van der Waals surface area contributed by atoms with Gasteiger partial charge in [-0.1, -0.05) is 6.92 Å². The van der Waals surface area contributed by atoms with Crippen molar-refractivity contribution in [3.63, 3.8) is 0 Å². The predicted octanol–water partition coefficient (Wildman–Crippen LogP) is 2.69. The zero-order chi connectivity index (χ0) is 13.1. The van der Waals surface area contributed by atoms with Gasteiger partial charge in [-0.3, -0.25) is 4.79 Å². The Hall–Kier alpha value is -1.16. The molecule has 1 saturated heterocycles. The molecule has 1 aliphatic heterocycles. The first-order valence-electron chi connectivity index (χ1n) is 6.28. The van der Waals surface area contributed by atoms with Gasteiger partial charge in [-0.05, 0) is 36.4 Å². The zero-order valence-electron chi connectivity index (χ0n) is 11.1. The summed E-state index contributed by atoms with van der Waals surface area (Å²) in [6, 6.07) is 8.30. The number of amides is 1. The number of benzene rings is 1. The highest BCUT2D eigenvalue weighted by atomic mass is 32.2. The molecule has 0 bridgehead atoms. The third kappa shape index (κ3) is 2.99. The van der Waals surface area contributed by atoms with Gasteiger partial charge in [0.2, 0.25) is 0 Å². The maximum absolute atomic E-state index is 11.8. The van der Waals surface area contributed by atoms with Crippen molar-refractivity contribution in [3.8, 4) is 0 Å². The number of carbonyl (C=O) groups is 1. The standard InChI is InChI=1S/C14H20N2OS/c1-10-13(8-9-18-10)15-12-6-4-11(5-7-12)14(17)16(2)3/h4-7,10,13,15H,8-9H2,1-3H3. The predicted molar refractivity (Wildman–Crippen MR) is 78.4 cm³/mol. The molecule has 1 heterocycles. The Labute approximate surface area is 113 Å². The maximum Gasteiger partial charge on any atom is 0.253 e. The van der Waals surface area contributed by atoms with E-state index in [2.05, 4.69) is 12.2 Å². The molecule has 0 aliphatic carbocycles. The molecule has 1 amide bonds. The normalized spacial score (nSPS) is 22.8. The fraction of sp³-hybridized carbons (Fsp3) is 0.500. The molecule has 98 valence electrons. The highest BCUT2D eigenvalue weighted by Gasteiger charge is 2.23. The van der Waals surface area contributed by atoms with Gasteiger partial charge >= 0.3 is 0 Å².